The van der Waals surface area contributed by atoms with Gasteiger partial charge in [-0.25, -0.2) is 23.7 Å². The van der Waals surface area contributed by atoms with E-state index in [-0.39, 0.29) is 17.8 Å². The van der Waals surface area contributed by atoms with Crippen LogP contribution in [0.4, 0.5) is 31.9 Å². The summed E-state index contributed by atoms with van der Waals surface area (Å²) in [6.07, 6.45) is 4.14. The van der Waals surface area contributed by atoms with E-state index in [4.69, 9.17) is 4.98 Å². The molecule has 2 aromatic heterocycles. The van der Waals surface area contributed by atoms with Gasteiger partial charge in [0.15, 0.2) is 5.82 Å². The van der Waals surface area contributed by atoms with Gasteiger partial charge in [0.1, 0.15) is 17.3 Å². The molecule has 1 unspecified atom stereocenters. The number of pyridine rings is 1. The van der Waals surface area contributed by atoms with E-state index in [0.29, 0.717) is 23.1 Å². The second-order valence-electron chi connectivity index (χ2n) is 10.5. The van der Waals surface area contributed by atoms with Crippen LogP contribution in [0.3, 0.4) is 0 Å². The highest BCUT2D eigenvalue weighted by atomic mass is 19.1. The van der Waals surface area contributed by atoms with Crippen LogP contribution in [0.5, 0.6) is 0 Å². The number of aromatic nitrogens is 3. The van der Waals surface area contributed by atoms with Gasteiger partial charge < -0.3 is 20.4 Å². The number of nitrogens with zero attached hydrogens (tertiary/aromatic N) is 6. The highest BCUT2D eigenvalue weighted by Gasteiger charge is 2.39. The van der Waals surface area contributed by atoms with Gasteiger partial charge in [0.25, 0.3) is 0 Å². The van der Waals surface area contributed by atoms with Gasteiger partial charge in [0.2, 0.25) is 5.95 Å². The summed E-state index contributed by atoms with van der Waals surface area (Å²) in [5.41, 5.74) is 3.94. The smallest absolute Gasteiger partial charge is 0.229 e. The summed E-state index contributed by atoms with van der Waals surface area (Å²) in [6, 6.07) is 7.52. The van der Waals surface area contributed by atoms with Crippen molar-refractivity contribution in [2.75, 3.05) is 49.3 Å². The lowest BCUT2D eigenvalue weighted by atomic mass is 10.1. The fraction of sp³-hybridized carbons (Fsp3) is 0.444. The van der Waals surface area contributed by atoms with Crippen LogP contribution in [0.15, 0.2) is 30.5 Å². The van der Waals surface area contributed by atoms with Crippen LogP contribution < -0.4 is 15.5 Å². The summed E-state index contributed by atoms with van der Waals surface area (Å²) in [6.45, 7) is 5.90. The summed E-state index contributed by atoms with van der Waals surface area (Å²) in [5.74, 6) is -0.182. The number of likely N-dealkylation sites (N-methyl/N-ethyl adjacent to an activating group) is 1. The minimum Gasteiger partial charge on any atom is -0.361 e. The van der Waals surface area contributed by atoms with Gasteiger partial charge in [-0.2, -0.15) is 0 Å². The predicted octanol–water partition coefficient (Wildman–Crippen LogP) is 4.22. The van der Waals surface area contributed by atoms with Crippen molar-refractivity contribution in [2.24, 2.45) is 0 Å². The fourth-order valence-electron chi connectivity index (χ4n) is 5.25. The molecule has 1 aliphatic carbocycles. The monoisotopic (exact) mass is 506 g/mol. The molecule has 37 heavy (non-hydrogen) atoms. The number of nitrogens with one attached hydrogen (secondary N) is 2. The Hall–Kier alpha value is -3.37. The molecule has 1 fully saturated rings. The molecule has 0 bridgehead atoms. The Bertz CT molecular complexity index is 1330. The molecule has 0 saturated heterocycles. The molecule has 1 atom stereocenters. The third-order valence-corrected chi connectivity index (χ3v) is 7.31. The van der Waals surface area contributed by atoms with Crippen molar-refractivity contribution in [3.05, 3.63) is 53.4 Å². The molecule has 194 valence electrons. The first-order chi connectivity index (χ1) is 17.9. The van der Waals surface area contributed by atoms with Crippen molar-refractivity contribution in [3.63, 3.8) is 0 Å². The minimum atomic E-state index is -0.599. The van der Waals surface area contributed by atoms with Crippen LogP contribution >= 0.6 is 0 Å². The molecule has 2 N–H and O–H groups in total. The van der Waals surface area contributed by atoms with E-state index in [1.165, 1.54) is 11.6 Å². The molecular weight excluding hydrogens is 474 g/mol. The Kier molecular flexibility index (Phi) is 6.16. The third-order valence-electron chi connectivity index (χ3n) is 7.31. The van der Waals surface area contributed by atoms with E-state index < -0.39 is 11.6 Å². The molecule has 0 radical (unpaired) electrons. The summed E-state index contributed by atoms with van der Waals surface area (Å²) in [7, 11) is 4.17. The van der Waals surface area contributed by atoms with Crippen molar-refractivity contribution < 1.29 is 8.78 Å². The van der Waals surface area contributed by atoms with Crippen molar-refractivity contribution in [1.29, 1.82) is 0 Å². The van der Waals surface area contributed by atoms with Crippen LogP contribution in [-0.4, -0.2) is 70.7 Å². The van der Waals surface area contributed by atoms with E-state index in [0.717, 1.165) is 63.0 Å². The maximum Gasteiger partial charge on any atom is 0.229 e. The Balaban J connectivity index is 1.23. The highest BCUT2D eigenvalue weighted by Crippen LogP contribution is 2.45. The number of hydrogen-bond donors (Lipinski definition) is 2. The number of rotatable bonds is 7. The molecule has 4 heterocycles. The van der Waals surface area contributed by atoms with Crippen molar-refractivity contribution >= 4 is 23.1 Å². The number of halogens is 2. The topological polar surface area (TPSA) is 72.5 Å². The highest BCUT2D eigenvalue weighted by molar-refractivity contribution is 5.82. The quantitative estimate of drug-likeness (QED) is 0.494. The molecule has 3 aliphatic rings. The molecule has 2 aliphatic heterocycles. The molecule has 1 aromatic carbocycles. The maximum atomic E-state index is 15.0. The van der Waals surface area contributed by atoms with Gasteiger partial charge >= 0.3 is 0 Å². The van der Waals surface area contributed by atoms with Crippen molar-refractivity contribution in [2.45, 2.75) is 44.9 Å². The molecule has 10 heteroatoms. The minimum absolute atomic E-state index is 0.00475. The molecule has 1 saturated carbocycles. The predicted molar refractivity (Wildman–Crippen MR) is 141 cm³/mol. The number of hydrogen-bond acceptors (Lipinski definition) is 8. The number of benzene rings is 1. The summed E-state index contributed by atoms with van der Waals surface area (Å²) in [4.78, 5) is 20.1. The second-order valence-corrected chi connectivity index (χ2v) is 10.5. The second kappa shape index (κ2) is 9.50. The van der Waals surface area contributed by atoms with E-state index in [9.17, 15) is 4.39 Å². The summed E-state index contributed by atoms with van der Waals surface area (Å²) < 4.78 is 29.9. The third kappa shape index (κ3) is 4.83. The fourth-order valence-corrected chi connectivity index (χ4v) is 5.25. The molecule has 0 amide bonds. The van der Waals surface area contributed by atoms with Gasteiger partial charge in [-0.15, -0.1) is 0 Å². The normalized spacial score (nSPS) is 19.1. The Morgan fingerprint density at radius 3 is 2.76 bits per heavy atom. The lowest BCUT2D eigenvalue weighted by molar-refractivity contribution is 0.224. The first kappa shape index (κ1) is 24.0. The summed E-state index contributed by atoms with van der Waals surface area (Å²) >= 11 is 0. The average molecular weight is 507 g/mol. The lowest BCUT2D eigenvalue weighted by Crippen LogP contribution is -2.36. The van der Waals surface area contributed by atoms with E-state index >= 15 is 4.39 Å². The van der Waals surface area contributed by atoms with Crippen LogP contribution in [0.2, 0.25) is 0 Å². The molecule has 8 nitrogen and oxygen atoms in total. The van der Waals surface area contributed by atoms with Gasteiger partial charge in [-0.1, -0.05) is 6.07 Å². The molecule has 0 spiro atoms. The standard InChI is InChI=1S/C27H32F2N8/c1-16-31-26-20(28)12-18(13-23(26)37(16)19-5-6-19)25-21(29)14-30-27(34-25)33-24-7-4-17-15-36(11-10-35(2)3)9-8-22(17)32-24/h4,7,12-14,16,19,31H,5-6,8-11,15H2,1-3H3,(H,30,32,33,34). The SMILES string of the molecule is CC1Nc2c(F)cc(-c3nc(Nc4ccc5c(n4)CCN(CCN(C)C)C5)ncc3F)cc2N1C1CC1. The lowest BCUT2D eigenvalue weighted by Gasteiger charge is -2.29. The van der Waals surface area contributed by atoms with E-state index in [1.807, 2.05) is 19.1 Å². The first-order valence-electron chi connectivity index (χ1n) is 12.9. The number of anilines is 4. The molecule has 6 rings (SSSR count). The van der Waals surface area contributed by atoms with Crippen LogP contribution in [0.1, 0.15) is 31.0 Å². The van der Waals surface area contributed by atoms with Crippen molar-refractivity contribution in [1.82, 2.24) is 24.8 Å². The van der Waals surface area contributed by atoms with E-state index in [1.54, 1.807) is 0 Å². The number of fused-ring (bicyclic) bond motifs is 2. The largest absolute Gasteiger partial charge is 0.361 e. The Labute approximate surface area is 215 Å². The van der Waals surface area contributed by atoms with Gasteiger partial charge in [-0.05, 0) is 57.6 Å². The maximum absolute atomic E-state index is 15.0. The first-order valence-corrected chi connectivity index (χ1v) is 12.9. The van der Waals surface area contributed by atoms with Crippen LogP contribution in [0, 0.1) is 11.6 Å². The Morgan fingerprint density at radius 1 is 1.14 bits per heavy atom. The zero-order chi connectivity index (χ0) is 25.7. The van der Waals surface area contributed by atoms with Gasteiger partial charge in [0.05, 0.1) is 23.7 Å². The molecule has 3 aromatic rings. The van der Waals surface area contributed by atoms with Crippen LogP contribution in [-0.2, 0) is 13.0 Å². The van der Waals surface area contributed by atoms with Gasteiger partial charge in [-0.3, -0.25) is 4.90 Å². The summed E-state index contributed by atoms with van der Waals surface area (Å²) in [5, 5.41) is 6.33. The van der Waals surface area contributed by atoms with E-state index in [2.05, 4.69) is 55.5 Å². The van der Waals surface area contributed by atoms with Gasteiger partial charge in [0, 0.05) is 49.9 Å². The zero-order valence-corrected chi connectivity index (χ0v) is 21.4. The molecular formula is C27H32F2N8. The Morgan fingerprint density at radius 2 is 1.97 bits per heavy atom. The average Bonchev–Trinajstić information content (AvgIpc) is 3.65. The van der Waals surface area contributed by atoms with Crippen molar-refractivity contribution in [3.8, 4) is 11.3 Å². The zero-order valence-electron chi connectivity index (χ0n) is 21.4. The van der Waals surface area contributed by atoms with Crippen LogP contribution in [0.25, 0.3) is 11.3 Å².